The molecule has 4 rings (SSSR count). The van der Waals surface area contributed by atoms with Crippen LogP contribution in [-0.2, 0) is 22.4 Å². The van der Waals surface area contributed by atoms with Gasteiger partial charge >= 0.3 is 12.4 Å². The number of halogens is 6. The Morgan fingerprint density at radius 2 is 1.41 bits per heavy atom. The number of alkyl halides is 6. The molecular formula is C27H31F6N5O2S. The number of aromatic nitrogens is 2. The van der Waals surface area contributed by atoms with Gasteiger partial charge in [0.2, 0.25) is 16.0 Å². The Balaban J connectivity index is 1.34. The fourth-order valence-corrected chi connectivity index (χ4v) is 5.99. The number of nitrogens with one attached hydrogen (secondary N) is 3. The van der Waals surface area contributed by atoms with Crippen LogP contribution in [0.2, 0.25) is 0 Å². The lowest BCUT2D eigenvalue weighted by Gasteiger charge is -2.28. The van der Waals surface area contributed by atoms with E-state index >= 15 is 0 Å². The van der Waals surface area contributed by atoms with Crippen molar-refractivity contribution in [3.8, 4) is 0 Å². The largest absolute Gasteiger partial charge is 0.416 e. The third-order valence-corrected chi connectivity index (χ3v) is 8.38. The lowest BCUT2D eigenvalue weighted by Crippen LogP contribution is -2.32. The number of hydrogen-bond acceptors (Lipinski definition) is 6. The predicted molar refractivity (Wildman–Crippen MR) is 144 cm³/mol. The number of benzene rings is 2. The van der Waals surface area contributed by atoms with Gasteiger partial charge in [-0.3, -0.25) is 0 Å². The second-order valence-electron chi connectivity index (χ2n) is 10.6. The van der Waals surface area contributed by atoms with Crippen molar-refractivity contribution in [3.05, 3.63) is 53.6 Å². The molecule has 0 bridgehead atoms. The van der Waals surface area contributed by atoms with E-state index in [4.69, 9.17) is 0 Å². The van der Waals surface area contributed by atoms with Crippen molar-refractivity contribution < 1.29 is 34.8 Å². The minimum atomic E-state index is -5.14. The normalized spacial score (nSPS) is 18.6. The van der Waals surface area contributed by atoms with Gasteiger partial charge in [-0.05, 0) is 81.7 Å². The first-order chi connectivity index (χ1) is 19.1. The van der Waals surface area contributed by atoms with Gasteiger partial charge < -0.3 is 10.6 Å². The number of nitrogens with zero attached hydrogens (tertiary/aromatic N) is 2. The number of para-hydroxylation sites is 1. The summed E-state index contributed by atoms with van der Waals surface area (Å²) in [5, 5.41) is 7.53. The first-order valence-electron chi connectivity index (χ1n) is 13.2. The maximum absolute atomic E-state index is 13.1. The molecule has 1 saturated carbocycles. The molecule has 0 atom stereocenters. The third kappa shape index (κ3) is 8.00. The summed E-state index contributed by atoms with van der Waals surface area (Å²) >= 11 is 0. The summed E-state index contributed by atoms with van der Waals surface area (Å²) in [4.78, 5) is 8.14. The zero-order chi connectivity index (χ0) is 30.0. The van der Waals surface area contributed by atoms with Gasteiger partial charge in [0.1, 0.15) is 5.82 Å². The standard InChI is InChI=1S/C27H31F6N5O2S/c1-16(2)36-24-22-5-3-4-6-23(22)37-25(38-24)34-14-17-7-9-18(10-8-17)15-35-41(39,40)21-12-19(26(28,29)30)11-20(13-21)27(31,32)33/h3-6,11-13,16-18,35H,7-10,14-15H2,1-2H3,(H2,34,36,37,38)/t17-,18-. The predicted octanol–water partition coefficient (Wildman–Crippen LogP) is 6.68. The molecule has 224 valence electrons. The molecule has 1 aliphatic rings. The lowest BCUT2D eigenvalue weighted by atomic mass is 9.82. The molecule has 0 aliphatic heterocycles. The van der Waals surface area contributed by atoms with E-state index in [-0.39, 0.29) is 42.6 Å². The van der Waals surface area contributed by atoms with E-state index in [9.17, 15) is 34.8 Å². The highest BCUT2D eigenvalue weighted by Crippen LogP contribution is 2.37. The summed E-state index contributed by atoms with van der Waals surface area (Å²) in [6, 6.07) is 8.19. The summed E-state index contributed by atoms with van der Waals surface area (Å²) in [7, 11) is -4.60. The minimum absolute atomic E-state index is 0.0852. The monoisotopic (exact) mass is 603 g/mol. The van der Waals surface area contributed by atoms with Crippen LogP contribution in [0, 0.1) is 11.8 Å². The van der Waals surface area contributed by atoms with Crippen molar-refractivity contribution in [2.24, 2.45) is 11.8 Å². The summed E-state index contributed by atoms with van der Waals surface area (Å²) < 4.78 is 106. The van der Waals surface area contributed by atoms with E-state index in [1.807, 2.05) is 38.1 Å². The molecule has 7 nitrogen and oxygen atoms in total. The van der Waals surface area contributed by atoms with Gasteiger partial charge in [-0.25, -0.2) is 18.1 Å². The van der Waals surface area contributed by atoms with Crippen LogP contribution in [-0.4, -0.2) is 37.5 Å². The lowest BCUT2D eigenvalue weighted by molar-refractivity contribution is -0.143. The molecule has 0 saturated heterocycles. The van der Waals surface area contributed by atoms with Crippen molar-refractivity contribution in [1.29, 1.82) is 0 Å². The molecule has 0 spiro atoms. The van der Waals surface area contributed by atoms with Crippen LogP contribution < -0.4 is 15.4 Å². The molecule has 1 fully saturated rings. The summed E-state index contributed by atoms with van der Waals surface area (Å²) in [5.41, 5.74) is -2.56. The fraction of sp³-hybridized carbons (Fsp3) is 0.481. The molecule has 1 aromatic heterocycles. The van der Waals surface area contributed by atoms with E-state index in [2.05, 4.69) is 25.3 Å². The Labute approximate surface area is 234 Å². The Hall–Kier alpha value is -3.13. The smallest absolute Gasteiger partial charge is 0.367 e. The topological polar surface area (TPSA) is 96.0 Å². The van der Waals surface area contributed by atoms with Crippen LogP contribution in [0.15, 0.2) is 47.4 Å². The molecule has 0 amide bonds. The van der Waals surface area contributed by atoms with Crippen molar-refractivity contribution >= 4 is 32.7 Å². The zero-order valence-corrected chi connectivity index (χ0v) is 23.2. The Bertz CT molecular complexity index is 1440. The van der Waals surface area contributed by atoms with E-state index in [0.29, 0.717) is 25.3 Å². The van der Waals surface area contributed by atoms with E-state index < -0.39 is 38.4 Å². The molecular weight excluding hydrogens is 572 g/mol. The number of sulfonamides is 1. The van der Waals surface area contributed by atoms with Crippen LogP contribution in [0.4, 0.5) is 38.1 Å². The highest BCUT2D eigenvalue weighted by atomic mass is 32.2. The highest BCUT2D eigenvalue weighted by Gasteiger charge is 2.38. The van der Waals surface area contributed by atoms with E-state index in [1.165, 1.54) is 0 Å². The highest BCUT2D eigenvalue weighted by molar-refractivity contribution is 7.89. The Morgan fingerprint density at radius 3 is 1.98 bits per heavy atom. The average molecular weight is 604 g/mol. The van der Waals surface area contributed by atoms with Crippen LogP contribution in [0.3, 0.4) is 0 Å². The second-order valence-corrected chi connectivity index (χ2v) is 12.3. The molecule has 3 N–H and O–H groups in total. The number of fused-ring (bicyclic) bond motifs is 1. The summed E-state index contributed by atoms with van der Waals surface area (Å²) in [6.45, 7) is 4.55. The van der Waals surface area contributed by atoms with E-state index in [0.717, 1.165) is 29.6 Å². The Morgan fingerprint density at radius 1 is 0.854 bits per heavy atom. The van der Waals surface area contributed by atoms with Gasteiger partial charge in [0.05, 0.1) is 21.5 Å². The van der Waals surface area contributed by atoms with Gasteiger partial charge in [-0.15, -0.1) is 0 Å². The molecule has 41 heavy (non-hydrogen) atoms. The van der Waals surface area contributed by atoms with Crippen molar-refractivity contribution in [2.75, 3.05) is 23.7 Å². The van der Waals surface area contributed by atoms with Crippen LogP contribution in [0.5, 0.6) is 0 Å². The number of hydrogen-bond donors (Lipinski definition) is 3. The molecule has 0 radical (unpaired) electrons. The maximum Gasteiger partial charge on any atom is 0.416 e. The van der Waals surface area contributed by atoms with Gasteiger partial charge in [-0.2, -0.15) is 31.3 Å². The molecule has 0 unspecified atom stereocenters. The zero-order valence-electron chi connectivity index (χ0n) is 22.4. The van der Waals surface area contributed by atoms with Crippen molar-refractivity contribution in [1.82, 2.24) is 14.7 Å². The number of rotatable bonds is 9. The van der Waals surface area contributed by atoms with Crippen LogP contribution in [0.25, 0.3) is 10.9 Å². The van der Waals surface area contributed by atoms with Gasteiger partial charge in [-0.1, -0.05) is 12.1 Å². The fourth-order valence-electron chi connectivity index (χ4n) is 4.81. The minimum Gasteiger partial charge on any atom is -0.367 e. The van der Waals surface area contributed by atoms with Crippen LogP contribution >= 0.6 is 0 Å². The molecule has 1 heterocycles. The first kappa shape index (κ1) is 30.8. The van der Waals surface area contributed by atoms with Gasteiger partial charge in [0, 0.05) is 24.5 Å². The van der Waals surface area contributed by atoms with Crippen LogP contribution in [0.1, 0.15) is 50.7 Å². The molecule has 2 aromatic carbocycles. The SMILES string of the molecule is CC(C)Nc1nc(NC[C@H]2CC[C@H](CNS(=O)(=O)c3cc(C(F)(F)F)cc(C(F)(F)F)c3)CC2)nc2ccccc12. The van der Waals surface area contributed by atoms with Crippen molar-refractivity contribution in [3.63, 3.8) is 0 Å². The Kier molecular flexibility index (Phi) is 9.02. The molecule has 14 heteroatoms. The third-order valence-electron chi connectivity index (χ3n) is 6.98. The van der Waals surface area contributed by atoms with Gasteiger partial charge in [0.15, 0.2) is 0 Å². The summed E-state index contributed by atoms with van der Waals surface area (Å²) in [6.07, 6.45) is -7.48. The molecule has 1 aliphatic carbocycles. The summed E-state index contributed by atoms with van der Waals surface area (Å²) in [5.74, 6) is 1.37. The average Bonchev–Trinajstić information content (AvgIpc) is 2.90. The first-order valence-corrected chi connectivity index (χ1v) is 14.7. The maximum atomic E-state index is 13.1. The quantitative estimate of drug-likeness (QED) is 0.236. The van der Waals surface area contributed by atoms with E-state index in [1.54, 1.807) is 0 Å². The number of anilines is 2. The van der Waals surface area contributed by atoms with Crippen molar-refractivity contribution in [2.45, 2.75) is 62.8 Å². The molecule has 3 aromatic rings. The van der Waals surface area contributed by atoms with Gasteiger partial charge in [0.25, 0.3) is 0 Å². The second kappa shape index (κ2) is 12.0.